The van der Waals surface area contributed by atoms with E-state index in [9.17, 15) is 9.18 Å². The summed E-state index contributed by atoms with van der Waals surface area (Å²) in [6.45, 7) is 0.358. The highest BCUT2D eigenvalue weighted by Crippen LogP contribution is 2.29. The normalized spacial score (nSPS) is 11.1. The van der Waals surface area contributed by atoms with E-state index in [0.29, 0.717) is 28.5 Å². The minimum atomic E-state index is -0.283. The highest BCUT2D eigenvalue weighted by Gasteiger charge is 2.17. The van der Waals surface area contributed by atoms with Crippen LogP contribution in [0.2, 0.25) is 0 Å². The number of hydrogen-bond acceptors (Lipinski definition) is 4. The van der Waals surface area contributed by atoms with Crippen molar-refractivity contribution in [2.45, 2.75) is 17.5 Å². The average molecular weight is 472 g/mol. The van der Waals surface area contributed by atoms with Crippen molar-refractivity contribution in [2.24, 2.45) is 0 Å². The molecule has 1 N–H and O–H groups in total. The number of thioether (sulfide) groups is 1. The van der Waals surface area contributed by atoms with Gasteiger partial charge in [-0.15, -0.1) is 0 Å². The number of H-pyrrole nitrogens is 1. The van der Waals surface area contributed by atoms with Gasteiger partial charge in [-0.3, -0.25) is 9.36 Å². The molecule has 2 heterocycles. The molecule has 0 aliphatic rings. The number of nitrogens with one attached hydrogen (secondary N) is 1. The van der Waals surface area contributed by atoms with Crippen molar-refractivity contribution in [1.82, 2.24) is 14.5 Å². The number of benzene rings is 3. The minimum absolute atomic E-state index is 0.148. The molecule has 0 fully saturated rings. The van der Waals surface area contributed by atoms with E-state index in [1.807, 2.05) is 66.9 Å². The maximum Gasteiger partial charge on any atom is 0.278 e. The lowest BCUT2D eigenvalue weighted by molar-refractivity contribution is 0.414. The Hall–Kier alpha value is -3.84. The number of hydrogen-bond donors (Lipinski definition) is 1. The highest BCUT2D eigenvalue weighted by atomic mass is 32.2. The van der Waals surface area contributed by atoms with Crippen molar-refractivity contribution in [1.29, 1.82) is 0 Å². The third-order valence-electron chi connectivity index (χ3n) is 5.59. The molecule has 2 aromatic heterocycles. The van der Waals surface area contributed by atoms with Crippen LogP contribution in [0.4, 0.5) is 4.39 Å². The van der Waals surface area contributed by atoms with Crippen molar-refractivity contribution in [3.8, 4) is 16.9 Å². The summed E-state index contributed by atoms with van der Waals surface area (Å²) in [5, 5.41) is 0.578. The summed E-state index contributed by atoms with van der Waals surface area (Å²) in [6.07, 6.45) is 1.83. The van der Waals surface area contributed by atoms with Crippen LogP contribution in [0.5, 0.6) is 5.75 Å². The van der Waals surface area contributed by atoms with E-state index in [1.165, 1.54) is 23.9 Å². The van der Waals surface area contributed by atoms with E-state index in [1.54, 1.807) is 17.7 Å². The summed E-state index contributed by atoms with van der Waals surface area (Å²) in [6, 6.07) is 23.9. The molecule has 34 heavy (non-hydrogen) atoms. The van der Waals surface area contributed by atoms with Crippen molar-refractivity contribution < 1.29 is 9.13 Å². The van der Waals surface area contributed by atoms with Crippen LogP contribution < -0.4 is 10.3 Å². The van der Waals surface area contributed by atoms with E-state index >= 15 is 0 Å². The number of methoxy groups -OCH3 is 1. The van der Waals surface area contributed by atoms with Crippen LogP contribution in [0.3, 0.4) is 0 Å². The Bertz CT molecular complexity index is 1490. The number of nitrogens with zero attached hydrogens (tertiary/aromatic N) is 2. The summed E-state index contributed by atoms with van der Waals surface area (Å²) >= 11 is 1.42. The molecule has 0 spiro atoms. The molecule has 0 aliphatic heterocycles. The van der Waals surface area contributed by atoms with Gasteiger partial charge in [0.1, 0.15) is 22.6 Å². The summed E-state index contributed by atoms with van der Waals surface area (Å²) in [5.74, 6) is 0.958. The summed E-state index contributed by atoms with van der Waals surface area (Å²) in [4.78, 5) is 21.6. The number of ether oxygens (including phenoxy) is 1. The predicted octanol–water partition coefficient (Wildman–Crippen LogP) is 5.88. The number of fused-ring (bicyclic) bond motifs is 1. The molecule has 0 aliphatic carbocycles. The van der Waals surface area contributed by atoms with Gasteiger partial charge in [0.05, 0.1) is 13.7 Å². The predicted molar refractivity (Wildman–Crippen MR) is 134 cm³/mol. The van der Waals surface area contributed by atoms with Gasteiger partial charge in [-0.25, -0.2) is 9.37 Å². The molecule has 5 aromatic rings. The Morgan fingerprint density at radius 2 is 1.79 bits per heavy atom. The van der Waals surface area contributed by atoms with Gasteiger partial charge in [-0.05, 0) is 41.0 Å². The molecular formula is C27H22FN3O2S. The highest BCUT2D eigenvalue weighted by molar-refractivity contribution is 7.98. The quantitative estimate of drug-likeness (QED) is 0.238. The Balaban J connectivity index is 1.59. The first-order chi connectivity index (χ1) is 16.6. The van der Waals surface area contributed by atoms with Crippen molar-refractivity contribution >= 4 is 22.8 Å². The van der Waals surface area contributed by atoms with E-state index in [0.717, 1.165) is 28.0 Å². The second-order valence-corrected chi connectivity index (χ2v) is 8.79. The largest absolute Gasteiger partial charge is 0.497 e. The molecule has 0 saturated heterocycles. The molecule has 0 amide bonds. The van der Waals surface area contributed by atoms with Gasteiger partial charge < -0.3 is 9.72 Å². The Morgan fingerprint density at radius 3 is 2.53 bits per heavy atom. The van der Waals surface area contributed by atoms with Crippen LogP contribution in [-0.4, -0.2) is 21.6 Å². The first-order valence-electron chi connectivity index (χ1n) is 10.8. The summed E-state index contributed by atoms with van der Waals surface area (Å²) < 4.78 is 20.6. The zero-order valence-corrected chi connectivity index (χ0v) is 19.3. The second kappa shape index (κ2) is 9.57. The van der Waals surface area contributed by atoms with E-state index in [4.69, 9.17) is 9.72 Å². The molecule has 0 bridgehead atoms. The van der Waals surface area contributed by atoms with Gasteiger partial charge in [0.15, 0.2) is 5.16 Å². The fourth-order valence-corrected chi connectivity index (χ4v) is 4.78. The molecule has 5 nitrogen and oxygen atoms in total. The molecule has 5 rings (SSSR count). The molecule has 7 heteroatoms. The summed E-state index contributed by atoms with van der Waals surface area (Å²) in [7, 11) is 1.62. The van der Waals surface area contributed by atoms with Crippen molar-refractivity contribution in [3.63, 3.8) is 0 Å². The first-order valence-corrected chi connectivity index (χ1v) is 11.8. The van der Waals surface area contributed by atoms with Gasteiger partial charge in [0.2, 0.25) is 0 Å². The molecular weight excluding hydrogens is 449 g/mol. The van der Waals surface area contributed by atoms with Crippen LogP contribution in [0.25, 0.3) is 22.2 Å². The molecule has 0 atom stereocenters. The number of halogens is 1. The fraction of sp³-hybridized carbons (Fsp3) is 0.111. The van der Waals surface area contributed by atoms with E-state index < -0.39 is 0 Å². The lowest BCUT2D eigenvalue weighted by Crippen LogP contribution is -2.24. The minimum Gasteiger partial charge on any atom is -0.497 e. The Labute approximate surface area is 200 Å². The topological polar surface area (TPSA) is 59.9 Å². The van der Waals surface area contributed by atoms with Crippen LogP contribution in [0, 0.1) is 5.82 Å². The lowest BCUT2D eigenvalue weighted by atomic mass is 10.1. The van der Waals surface area contributed by atoms with Gasteiger partial charge >= 0.3 is 0 Å². The molecule has 0 unspecified atom stereocenters. The SMILES string of the molecule is COc1ccc(Cn2c(SCc3cccc(F)c3)nc3c(-c4ccccc4)c[nH]c3c2=O)cc1. The smallest absolute Gasteiger partial charge is 0.278 e. The van der Waals surface area contributed by atoms with Gasteiger partial charge in [0.25, 0.3) is 5.56 Å². The van der Waals surface area contributed by atoms with Crippen LogP contribution in [0.15, 0.2) is 95.0 Å². The molecule has 170 valence electrons. The number of aromatic amines is 1. The average Bonchev–Trinajstić information content (AvgIpc) is 3.30. The first kappa shape index (κ1) is 22.0. The van der Waals surface area contributed by atoms with Gasteiger partial charge in [-0.2, -0.15) is 0 Å². The number of rotatable bonds is 7. The van der Waals surface area contributed by atoms with Crippen molar-refractivity contribution in [3.05, 3.63) is 112 Å². The molecule has 0 saturated carbocycles. The van der Waals surface area contributed by atoms with E-state index in [2.05, 4.69) is 4.98 Å². The Morgan fingerprint density at radius 1 is 1.00 bits per heavy atom. The van der Waals surface area contributed by atoms with Crippen LogP contribution in [-0.2, 0) is 12.3 Å². The van der Waals surface area contributed by atoms with Crippen molar-refractivity contribution in [2.75, 3.05) is 7.11 Å². The van der Waals surface area contributed by atoms with Gasteiger partial charge in [0, 0.05) is 17.5 Å². The van der Waals surface area contributed by atoms with Crippen LogP contribution in [0.1, 0.15) is 11.1 Å². The number of aromatic nitrogens is 3. The second-order valence-electron chi connectivity index (χ2n) is 7.84. The maximum atomic E-state index is 13.7. The monoisotopic (exact) mass is 471 g/mol. The maximum absolute atomic E-state index is 13.7. The zero-order valence-electron chi connectivity index (χ0n) is 18.5. The van der Waals surface area contributed by atoms with Crippen LogP contribution >= 0.6 is 11.8 Å². The third-order valence-corrected chi connectivity index (χ3v) is 6.64. The Kier molecular flexibility index (Phi) is 6.18. The lowest BCUT2D eigenvalue weighted by Gasteiger charge is -2.13. The standard InChI is InChI=1S/C27H22FN3O2S/c1-33-22-12-10-18(11-13-22)16-31-26(32)25-24(23(15-29-25)20-7-3-2-4-8-20)30-27(31)34-17-19-6-5-9-21(28)14-19/h2-15,29H,16-17H2,1H3. The summed E-state index contributed by atoms with van der Waals surface area (Å²) in [5.41, 5.74) is 4.57. The zero-order chi connectivity index (χ0) is 23.5. The third kappa shape index (κ3) is 4.47. The van der Waals surface area contributed by atoms with E-state index in [-0.39, 0.29) is 11.4 Å². The fourth-order valence-electron chi connectivity index (χ4n) is 3.85. The molecule has 3 aromatic carbocycles. The van der Waals surface area contributed by atoms with Gasteiger partial charge in [-0.1, -0.05) is 66.4 Å². The molecule has 0 radical (unpaired) electrons.